The summed E-state index contributed by atoms with van der Waals surface area (Å²) in [5, 5.41) is 0. The van der Waals surface area contributed by atoms with E-state index in [0.717, 1.165) is 30.8 Å². The molecule has 2 aromatic rings. The van der Waals surface area contributed by atoms with E-state index >= 15 is 0 Å². The van der Waals surface area contributed by atoms with Crippen LogP contribution in [0.15, 0.2) is 24.5 Å². The fourth-order valence-corrected chi connectivity index (χ4v) is 2.80. The van der Waals surface area contributed by atoms with Crippen LogP contribution in [0.5, 0.6) is 0 Å². The van der Waals surface area contributed by atoms with E-state index in [1.807, 2.05) is 6.92 Å². The van der Waals surface area contributed by atoms with Crippen LogP contribution in [0.1, 0.15) is 23.1 Å². The molecule has 5 nitrogen and oxygen atoms in total. The Balaban J connectivity index is 2.09. The average molecular weight is 269 g/mol. The summed E-state index contributed by atoms with van der Waals surface area (Å²) in [6.07, 6.45) is 3.81. The summed E-state index contributed by atoms with van der Waals surface area (Å²) < 4.78 is 0. The number of nitrogens with two attached hydrogens (primary N) is 1. The molecule has 0 saturated heterocycles. The zero-order valence-corrected chi connectivity index (χ0v) is 11.8. The van der Waals surface area contributed by atoms with E-state index in [9.17, 15) is 0 Å². The lowest BCUT2D eigenvalue weighted by Crippen LogP contribution is -2.26. The van der Waals surface area contributed by atoms with E-state index in [1.54, 1.807) is 6.33 Å². The Labute approximate surface area is 118 Å². The second-order valence-corrected chi connectivity index (χ2v) is 5.20. The van der Waals surface area contributed by atoms with E-state index in [0.29, 0.717) is 5.82 Å². The van der Waals surface area contributed by atoms with Gasteiger partial charge in [-0.25, -0.2) is 15.8 Å². The zero-order chi connectivity index (χ0) is 14.1. The maximum Gasteiger partial charge on any atom is 0.148 e. The lowest BCUT2D eigenvalue weighted by molar-refractivity contribution is 0.755. The Morgan fingerprint density at radius 2 is 2.10 bits per heavy atom. The van der Waals surface area contributed by atoms with Crippen molar-refractivity contribution in [3.8, 4) is 0 Å². The van der Waals surface area contributed by atoms with E-state index in [2.05, 4.69) is 45.4 Å². The van der Waals surface area contributed by atoms with Crippen LogP contribution in [-0.4, -0.2) is 16.5 Å². The molecule has 1 aromatic heterocycles. The molecule has 2 heterocycles. The van der Waals surface area contributed by atoms with Crippen LogP contribution in [-0.2, 0) is 6.42 Å². The molecule has 0 fully saturated rings. The SMILES string of the molecule is Cc1ccc2c(c1)CCCN2c1ncnc(NN)c1C. The highest BCUT2D eigenvalue weighted by Gasteiger charge is 2.21. The van der Waals surface area contributed by atoms with E-state index in [4.69, 9.17) is 5.84 Å². The minimum absolute atomic E-state index is 0.675. The molecule has 20 heavy (non-hydrogen) atoms. The van der Waals surface area contributed by atoms with Gasteiger partial charge in [-0.15, -0.1) is 0 Å². The summed E-state index contributed by atoms with van der Waals surface area (Å²) in [6, 6.07) is 6.59. The average Bonchev–Trinajstić information content (AvgIpc) is 2.46. The van der Waals surface area contributed by atoms with Gasteiger partial charge in [-0.2, -0.15) is 0 Å². The molecule has 0 spiro atoms. The van der Waals surface area contributed by atoms with Gasteiger partial charge in [-0.1, -0.05) is 17.7 Å². The number of rotatable bonds is 2. The fourth-order valence-electron chi connectivity index (χ4n) is 2.80. The monoisotopic (exact) mass is 269 g/mol. The number of anilines is 3. The van der Waals surface area contributed by atoms with Gasteiger partial charge in [0.1, 0.15) is 18.0 Å². The topological polar surface area (TPSA) is 67.1 Å². The maximum atomic E-state index is 5.50. The van der Waals surface area contributed by atoms with Crippen molar-refractivity contribution >= 4 is 17.3 Å². The molecule has 0 unspecified atom stereocenters. The third-order valence-electron chi connectivity index (χ3n) is 3.80. The van der Waals surface area contributed by atoms with Gasteiger partial charge in [-0.05, 0) is 38.3 Å². The number of fused-ring (bicyclic) bond motifs is 1. The van der Waals surface area contributed by atoms with Crippen molar-refractivity contribution in [2.24, 2.45) is 5.84 Å². The molecule has 3 N–H and O–H groups in total. The van der Waals surface area contributed by atoms with Crippen LogP contribution >= 0.6 is 0 Å². The number of nitrogens with zero attached hydrogens (tertiary/aromatic N) is 3. The first kappa shape index (κ1) is 12.9. The van der Waals surface area contributed by atoms with Gasteiger partial charge in [0.05, 0.1) is 0 Å². The van der Waals surface area contributed by atoms with E-state index < -0.39 is 0 Å². The highest BCUT2D eigenvalue weighted by molar-refractivity contribution is 5.70. The van der Waals surface area contributed by atoms with Crippen molar-refractivity contribution in [1.82, 2.24) is 9.97 Å². The molecule has 0 aliphatic carbocycles. The molecular formula is C15H19N5. The van der Waals surface area contributed by atoms with Crippen LogP contribution in [0, 0.1) is 13.8 Å². The first-order chi connectivity index (χ1) is 9.70. The van der Waals surface area contributed by atoms with Gasteiger partial charge in [0.15, 0.2) is 0 Å². The van der Waals surface area contributed by atoms with Crippen molar-refractivity contribution in [3.63, 3.8) is 0 Å². The molecule has 104 valence electrons. The smallest absolute Gasteiger partial charge is 0.148 e. The maximum absolute atomic E-state index is 5.50. The van der Waals surface area contributed by atoms with E-state index in [1.165, 1.54) is 16.8 Å². The summed E-state index contributed by atoms with van der Waals surface area (Å²) in [5.41, 5.74) is 7.53. The molecular weight excluding hydrogens is 250 g/mol. The largest absolute Gasteiger partial charge is 0.326 e. The number of nitrogen functional groups attached to an aromatic ring is 1. The van der Waals surface area contributed by atoms with Crippen LogP contribution in [0.3, 0.4) is 0 Å². The standard InChI is InChI=1S/C15H19N5/c1-10-5-6-13-12(8-10)4-3-7-20(13)15-11(2)14(19-16)17-9-18-15/h5-6,8-9H,3-4,7,16H2,1-2H3,(H,17,18,19). The molecule has 0 bridgehead atoms. The number of benzene rings is 1. The van der Waals surface area contributed by atoms with Crippen LogP contribution in [0.2, 0.25) is 0 Å². The molecule has 0 amide bonds. The second kappa shape index (κ2) is 5.09. The Bertz CT molecular complexity index is 638. The lowest BCUT2D eigenvalue weighted by Gasteiger charge is -2.31. The van der Waals surface area contributed by atoms with Gasteiger partial charge >= 0.3 is 0 Å². The molecule has 3 rings (SSSR count). The van der Waals surface area contributed by atoms with Gasteiger partial charge in [0.2, 0.25) is 0 Å². The molecule has 1 aliphatic heterocycles. The second-order valence-electron chi connectivity index (χ2n) is 5.20. The van der Waals surface area contributed by atoms with E-state index in [-0.39, 0.29) is 0 Å². The van der Waals surface area contributed by atoms with Crippen molar-refractivity contribution in [3.05, 3.63) is 41.2 Å². The third-order valence-corrected chi connectivity index (χ3v) is 3.80. The molecule has 5 heteroatoms. The molecule has 0 saturated carbocycles. The zero-order valence-electron chi connectivity index (χ0n) is 11.8. The van der Waals surface area contributed by atoms with Crippen molar-refractivity contribution in [1.29, 1.82) is 0 Å². The number of aryl methyl sites for hydroxylation is 2. The summed E-state index contributed by atoms with van der Waals surface area (Å²) in [4.78, 5) is 10.9. The predicted octanol–water partition coefficient (Wildman–Crippen LogP) is 2.46. The third kappa shape index (κ3) is 2.10. The number of hydrazine groups is 1. The summed E-state index contributed by atoms with van der Waals surface area (Å²) in [6.45, 7) is 5.09. The van der Waals surface area contributed by atoms with Gasteiger partial charge in [-0.3, -0.25) is 0 Å². The van der Waals surface area contributed by atoms with Crippen LogP contribution in [0.4, 0.5) is 17.3 Å². The number of aromatic nitrogens is 2. The first-order valence-corrected chi connectivity index (χ1v) is 6.86. The van der Waals surface area contributed by atoms with Crippen molar-refractivity contribution in [2.75, 3.05) is 16.9 Å². The van der Waals surface area contributed by atoms with Gasteiger partial charge < -0.3 is 10.3 Å². The molecule has 0 radical (unpaired) electrons. The van der Waals surface area contributed by atoms with Crippen molar-refractivity contribution < 1.29 is 0 Å². The highest BCUT2D eigenvalue weighted by atomic mass is 15.3. The number of hydrogen-bond acceptors (Lipinski definition) is 5. The Kier molecular flexibility index (Phi) is 3.28. The quantitative estimate of drug-likeness (QED) is 0.647. The van der Waals surface area contributed by atoms with Gasteiger partial charge in [0, 0.05) is 17.8 Å². The molecule has 1 aromatic carbocycles. The Morgan fingerprint density at radius 3 is 2.90 bits per heavy atom. The number of nitrogens with one attached hydrogen (secondary N) is 1. The normalized spacial score (nSPS) is 14.1. The Hall–Kier alpha value is -2.14. The predicted molar refractivity (Wildman–Crippen MR) is 81.1 cm³/mol. The first-order valence-electron chi connectivity index (χ1n) is 6.86. The van der Waals surface area contributed by atoms with Crippen molar-refractivity contribution in [2.45, 2.75) is 26.7 Å². The van der Waals surface area contributed by atoms with Gasteiger partial charge in [0.25, 0.3) is 0 Å². The molecule has 1 aliphatic rings. The summed E-state index contributed by atoms with van der Waals surface area (Å²) in [7, 11) is 0. The fraction of sp³-hybridized carbons (Fsp3) is 0.333. The summed E-state index contributed by atoms with van der Waals surface area (Å²) >= 11 is 0. The minimum atomic E-state index is 0.675. The summed E-state index contributed by atoms with van der Waals surface area (Å²) in [5.74, 6) is 7.11. The minimum Gasteiger partial charge on any atom is -0.326 e. The van der Waals surface area contributed by atoms with Crippen LogP contribution < -0.4 is 16.2 Å². The Morgan fingerprint density at radius 1 is 1.25 bits per heavy atom. The highest BCUT2D eigenvalue weighted by Crippen LogP contribution is 2.35. The lowest BCUT2D eigenvalue weighted by atomic mass is 9.99. The molecule has 0 atom stereocenters. The van der Waals surface area contributed by atoms with Crippen LogP contribution in [0.25, 0.3) is 0 Å². The number of hydrogen-bond donors (Lipinski definition) is 2.